The molecule has 0 unspecified atom stereocenters. The third kappa shape index (κ3) is 2.56. The zero-order valence-corrected chi connectivity index (χ0v) is 12.6. The van der Waals surface area contributed by atoms with Crippen LogP contribution in [0.15, 0.2) is 12.7 Å². The maximum atomic E-state index is 12.8. The highest BCUT2D eigenvalue weighted by Crippen LogP contribution is 2.33. The second kappa shape index (κ2) is 5.63. The Kier molecular flexibility index (Phi) is 4.31. The summed E-state index contributed by atoms with van der Waals surface area (Å²) in [6, 6.07) is 0.575. The van der Waals surface area contributed by atoms with E-state index in [0.29, 0.717) is 18.5 Å². The molecule has 0 N–H and O–H groups in total. The van der Waals surface area contributed by atoms with E-state index in [2.05, 4.69) is 37.3 Å². The maximum Gasteiger partial charge on any atom is 0.243 e. The van der Waals surface area contributed by atoms with E-state index in [1.807, 2.05) is 11.0 Å². The summed E-state index contributed by atoms with van der Waals surface area (Å²) in [7, 11) is 2.11. The molecule has 1 spiro atoms. The second-order valence-electron chi connectivity index (χ2n) is 6.12. The molecule has 2 aliphatic rings. The Morgan fingerprint density at radius 3 is 2.42 bits per heavy atom. The van der Waals surface area contributed by atoms with E-state index in [9.17, 15) is 4.79 Å². The molecule has 0 saturated carbocycles. The third-order valence-corrected chi connectivity index (χ3v) is 4.83. The molecule has 108 valence electrons. The van der Waals surface area contributed by atoms with Gasteiger partial charge in [0.15, 0.2) is 0 Å². The monoisotopic (exact) mass is 265 g/mol. The molecule has 4 nitrogen and oxygen atoms in total. The van der Waals surface area contributed by atoms with Crippen LogP contribution in [0.4, 0.5) is 0 Å². The van der Waals surface area contributed by atoms with Gasteiger partial charge in [-0.1, -0.05) is 6.08 Å². The predicted molar refractivity (Wildman–Crippen MR) is 78.1 cm³/mol. The molecule has 2 rings (SSSR count). The SMILES string of the molecule is C=CCN1CCN(C)C2(CCN(C(C)C)CC2)C1=O. The fraction of sp³-hybridized carbons (Fsp3) is 0.800. The van der Waals surface area contributed by atoms with Gasteiger partial charge in [0.2, 0.25) is 5.91 Å². The number of piperazine rings is 1. The summed E-state index contributed by atoms with van der Waals surface area (Å²) in [5.74, 6) is 0.310. The number of amides is 1. The Labute approximate surface area is 117 Å². The van der Waals surface area contributed by atoms with Crippen LogP contribution in [-0.4, -0.2) is 72.0 Å². The van der Waals surface area contributed by atoms with E-state index in [1.165, 1.54) is 0 Å². The lowest BCUT2D eigenvalue weighted by atomic mass is 9.82. The average molecular weight is 265 g/mol. The maximum absolute atomic E-state index is 12.8. The summed E-state index contributed by atoms with van der Waals surface area (Å²) in [6.07, 6.45) is 3.74. The third-order valence-electron chi connectivity index (χ3n) is 4.83. The number of piperidine rings is 1. The zero-order valence-electron chi connectivity index (χ0n) is 12.6. The molecule has 2 fully saturated rings. The van der Waals surface area contributed by atoms with Crippen molar-refractivity contribution in [2.24, 2.45) is 0 Å². The van der Waals surface area contributed by atoms with Gasteiger partial charge < -0.3 is 9.80 Å². The van der Waals surface area contributed by atoms with Crippen molar-refractivity contribution < 1.29 is 4.79 Å². The molecule has 0 atom stereocenters. The van der Waals surface area contributed by atoms with Gasteiger partial charge in [0.1, 0.15) is 5.54 Å². The predicted octanol–water partition coefficient (Wildman–Crippen LogP) is 1.19. The molecule has 2 heterocycles. The van der Waals surface area contributed by atoms with Crippen LogP contribution >= 0.6 is 0 Å². The minimum atomic E-state index is -0.257. The van der Waals surface area contributed by atoms with Crippen molar-refractivity contribution in [3.8, 4) is 0 Å². The lowest BCUT2D eigenvalue weighted by Gasteiger charge is -2.52. The van der Waals surface area contributed by atoms with Crippen LogP contribution in [0.1, 0.15) is 26.7 Å². The average Bonchev–Trinajstić information content (AvgIpc) is 2.40. The lowest BCUT2D eigenvalue weighted by molar-refractivity contribution is -0.153. The Balaban J connectivity index is 2.12. The Bertz CT molecular complexity index is 345. The fourth-order valence-corrected chi connectivity index (χ4v) is 3.38. The smallest absolute Gasteiger partial charge is 0.243 e. The first-order valence-electron chi connectivity index (χ1n) is 7.37. The summed E-state index contributed by atoms with van der Waals surface area (Å²) in [5.41, 5.74) is -0.257. The van der Waals surface area contributed by atoms with Crippen molar-refractivity contribution >= 4 is 5.91 Å². The van der Waals surface area contributed by atoms with Crippen molar-refractivity contribution in [1.29, 1.82) is 0 Å². The van der Waals surface area contributed by atoms with Gasteiger partial charge in [-0.05, 0) is 33.7 Å². The molecule has 19 heavy (non-hydrogen) atoms. The van der Waals surface area contributed by atoms with E-state index >= 15 is 0 Å². The van der Waals surface area contributed by atoms with Gasteiger partial charge >= 0.3 is 0 Å². The molecule has 4 heteroatoms. The number of carbonyl (C=O) groups is 1. The van der Waals surface area contributed by atoms with E-state index in [4.69, 9.17) is 0 Å². The van der Waals surface area contributed by atoms with Gasteiger partial charge in [-0.25, -0.2) is 0 Å². The number of hydrogen-bond donors (Lipinski definition) is 0. The molecule has 2 aliphatic heterocycles. The van der Waals surface area contributed by atoms with Crippen LogP contribution in [0.25, 0.3) is 0 Å². The zero-order chi connectivity index (χ0) is 14.0. The van der Waals surface area contributed by atoms with Crippen molar-refractivity contribution in [1.82, 2.24) is 14.7 Å². The number of hydrogen-bond acceptors (Lipinski definition) is 3. The van der Waals surface area contributed by atoms with Crippen LogP contribution < -0.4 is 0 Å². The number of likely N-dealkylation sites (tertiary alicyclic amines) is 1. The quantitative estimate of drug-likeness (QED) is 0.717. The van der Waals surface area contributed by atoms with Crippen molar-refractivity contribution in [3.05, 3.63) is 12.7 Å². The highest BCUT2D eigenvalue weighted by Gasteiger charge is 2.48. The molecule has 0 aliphatic carbocycles. The molecular weight excluding hydrogens is 238 g/mol. The minimum absolute atomic E-state index is 0.257. The van der Waals surface area contributed by atoms with Crippen LogP contribution in [0, 0.1) is 0 Å². The van der Waals surface area contributed by atoms with Gasteiger partial charge in [-0.2, -0.15) is 0 Å². The number of likely N-dealkylation sites (N-methyl/N-ethyl adjacent to an activating group) is 1. The fourth-order valence-electron chi connectivity index (χ4n) is 3.38. The lowest BCUT2D eigenvalue weighted by Crippen LogP contribution is -2.67. The first-order chi connectivity index (χ1) is 9.01. The molecule has 2 saturated heterocycles. The van der Waals surface area contributed by atoms with Gasteiger partial charge in [-0.3, -0.25) is 9.69 Å². The van der Waals surface area contributed by atoms with Crippen molar-refractivity contribution in [3.63, 3.8) is 0 Å². The van der Waals surface area contributed by atoms with Crippen molar-refractivity contribution in [2.75, 3.05) is 39.8 Å². The molecule has 0 bridgehead atoms. The Hall–Kier alpha value is -0.870. The standard InChI is InChI=1S/C15H27N3O/c1-5-8-18-12-11-16(4)15(14(18)19)6-9-17(10-7-15)13(2)3/h5,13H,1,6-12H2,2-4H3. The number of nitrogens with zero attached hydrogens (tertiary/aromatic N) is 3. The second-order valence-corrected chi connectivity index (χ2v) is 6.12. The van der Waals surface area contributed by atoms with Crippen LogP contribution in [0.5, 0.6) is 0 Å². The summed E-state index contributed by atoms with van der Waals surface area (Å²) >= 11 is 0. The molecule has 0 radical (unpaired) electrons. The molecule has 0 aromatic carbocycles. The number of carbonyl (C=O) groups excluding carboxylic acids is 1. The molecular formula is C15H27N3O. The summed E-state index contributed by atoms with van der Waals surface area (Å²) in [5, 5.41) is 0. The van der Waals surface area contributed by atoms with Gasteiger partial charge in [0.05, 0.1) is 0 Å². The first-order valence-corrected chi connectivity index (χ1v) is 7.37. The minimum Gasteiger partial charge on any atom is -0.336 e. The van der Waals surface area contributed by atoms with Crippen LogP contribution in [-0.2, 0) is 4.79 Å². The Morgan fingerprint density at radius 2 is 1.89 bits per heavy atom. The normalized spacial score (nSPS) is 25.3. The van der Waals surface area contributed by atoms with Gasteiger partial charge in [-0.15, -0.1) is 6.58 Å². The summed E-state index contributed by atoms with van der Waals surface area (Å²) in [6.45, 7) is 12.8. The number of rotatable bonds is 3. The van der Waals surface area contributed by atoms with E-state index in [0.717, 1.165) is 39.0 Å². The van der Waals surface area contributed by atoms with E-state index < -0.39 is 0 Å². The van der Waals surface area contributed by atoms with Crippen LogP contribution in [0.2, 0.25) is 0 Å². The van der Waals surface area contributed by atoms with E-state index in [1.54, 1.807) is 0 Å². The molecule has 1 amide bonds. The highest BCUT2D eigenvalue weighted by atomic mass is 16.2. The van der Waals surface area contributed by atoms with Gasteiger partial charge in [0, 0.05) is 38.8 Å². The summed E-state index contributed by atoms with van der Waals surface area (Å²) in [4.78, 5) is 19.5. The highest BCUT2D eigenvalue weighted by molar-refractivity contribution is 5.87. The topological polar surface area (TPSA) is 26.8 Å². The largest absolute Gasteiger partial charge is 0.336 e. The molecule has 0 aromatic heterocycles. The Morgan fingerprint density at radius 1 is 1.26 bits per heavy atom. The van der Waals surface area contributed by atoms with Crippen LogP contribution in [0.3, 0.4) is 0 Å². The van der Waals surface area contributed by atoms with Gasteiger partial charge in [0.25, 0.3) is 0 Å². The van der Waals surface area contributed by atoms with Crippen molar-refractivity contribution in [2.45, 2.75) is 38.3 Å². The summed E-state index contributed by atoms with van der Waals surface area (Å²) < 4.78 is 0. The van der Waals surface area contributed by atoms with E-state index in [-0.39, 0.29) is 5.54 Å². The first kappa shape index (κ1) is 14.5. The molecule has 0 aromatic rings.